The molecule has 0 bridgehead atoms. The summed E-state index contributed by atoms with van der Waals surface area (Å²) in [4.78, 5) is 59.1. The number of fused-ring (bicyclic) bond motifs is 2. The summed E-state index contributed by atoms with van der Waals surface area (Å²) in [6, 6.07) is 18.0. The van der Waals surface area contributed by atoms with Gasteiger partial charge in [0.1, 0.15) is 5.69 Å². The van der Waals surface area contributed by atoms with E-state index in [1.807, 2.05) is 37.3 Å². The first kappa shape index (κ1) is 38.2. The van der Waals surface area contributed by atoms with Crippen molar-refractivity contribution in [1.29, 1.82) is 0 Å². The van der Waals surface area contributed by atoms with Crippen LogP contribution >= 0.6 is 0 Å². The van der Waals surface area contributed by atoms with Crippen LogP contribution in [0.2, 0.25) is 0 Å². The summed E-state index contributed by atoms with van der Waals surface area (Å²) in [5.41, 5.74) is 8.31. The molecule has 0 aliphatic carbocycles. The molecule has 1 fully saturated rings. The van der Waals surface area contributed by atoms with Crippen LogP contribution in [0, 0.1) is 17.8 Å². The molecule has 1 unspecified atom stereocenters. The number of nitrogens with one attached hydrogen (secondary N) is 2. The van der Waals surface area contributed by atoms with E-state index in [1.165, 1.54) is 6.20 Å². The quantitative estimate of drug-likeness (QED) is 0.139. The van der Waals surface area contributed by atoms with Gasteiger partial charge in [0.15, 0.2) is 0 Å². The second kappa shape index (κ2) is 16.3. The normalized spacial score (nSPS) is 16.6. The van der Waals surface area contributed by atoms with E-state index in [-0.39, 0.29) is 42.0 Å². The minimum Gasteiger partial charge on any atom is -0.350 e. The van der Waals surface area contributed by atoms with E-state index in [9.17, 15) is 28.0 Å². The zero-order valence-corrected chi connectivity index (χ0v) is 31.8. The largest absolute Gasteiger partial charge is 0.350 e. The molecule has 10 nitrogen and oxygen atoms in total. The van der Waals surface area contributed by atoms with Crippen LogP contribution in [0.4, 0.5) is 30.6 Å². The SMILES string of the molecule is CCc1cc2c(c(N3CCCc4cc(-c5ccc(C(=O)NCCC#Cc6cccc(CN7CCC(=O)NC7=O)c6)nc5)c(C(F)F)cc43)c1)CC(C)C(=O)N2C. The molecule has 12 heteroatoms. The number of hydrogen-bond donors (Lipinski definition) is 2. The van der Waals surface area contributed by atoms with Crippen LogP contribution in [-0.2, 0) is 35.4 Å². The van der Waals surface area contributed by atoms with E-state index >= 15 is 0 Å². The lowest BCUT2D eigenvalue weighted by atomic mass is 9.88. The molecule has 3 aliphatic rings. The van der Waals surface area contributed by atoms with Gasteiger partial charge < -0.3 is 20.0 Å². The Morgan fingerprint density at radius 2 is 1.82 bits per heavy atom. The Bertz CT molecular complexity index is 2260. The van der Waals surface area contributed by atoms with Gasteiger partial charge in [0, 0.05) is 97.5 Å². The van der Waals surface area contributed by atoms with Gasteiger partial charge in [0.05, 0.1) is 0 Å². The number of carbonyl (C=O) groups excluding carboxylic acids is 4. The fraction of sp³-hybridized carbons (Fsp3) is 0.341. The van der Waals surface area contributed by atoms with Gasteiger partial charge in [-0.15, -0.1) is 0 Å². The van der Waals surface area contributed by atoms with Crippen molar-refractivity contribution >= 4 is 40.8 Å². The number of rotatable bonds is 9. The van der Waals surface area contributed by atoms with Crippen molar-refractivity contribution in [3.8, 4) is 23.0 Å². The number of alkyl halides is 2. The summed E-state index contributed by atoms with van der Waals surface area (Å²) in [5.74, 6) is 5.36. The highest BCUT2D eigenvalue weighted by Crippen LogP contribution is 2.45. The molecule has 1 saturated heterocycles. The third-order valence-corrected chi connectivity index (χ3v) is 10.7. The van der Waals surface area contributed by atoms with Crippen LogP contribution < -0.4 is 20.4 Å². The lowest BCUT2D eigenvalue weighted by molar-refractivity contribution is -0.122. The number of urea groups is 1. The Balaban J connectivity index is 1.03. The van der Waals surface area contributed by atoms with Gasteiger partial charge in [0.25, 0.3) is 12.3 Å². The third kappa shape index (κ3) is 7.98. The maximum Gasteiger partial charge on any atom is 0.324 e. The molecule has 0 spiro atoms. The molecule has 56 heavy (non-hydrogen) atoms. The van der Waals surface area contributed by atoms with Crippen LogP contribution in [0.1, 0.15) is 83.4 Å². The third-order valence-electron chi connectivity index (χ3n) is 10.7. The number of imide groups is 1. The molecule has 5 amide bonds. The molecular formula is C44H44F2N6O4. The molecule has 0 saturated carbocycles. The number of hydrogen-bond acceptors (Lipinski definition) is 6. The Labute approximate surface area is 325 Å². The number of nitrogens with zero attached hydrogens (tertiary/aromatic N) is 4. The van der Waals surface area contributed by atoms with Crippen molar-refractivity contribution in [3.63, 3.8) is 0 Å². The van der Waals surface area contributed by atoms with Gasteiger partial charge in [0.2, 0.25) is 11.8 Å². The molecule has 1 aromatic heterocycles. The van der Waals surface area contributed by atoms with Crippen LogP contribution in [0.25, 0.3) is 11.1 Å². The Hall–Kier alpha value is -6.09. The van der Waals surface area contributed by atoms with Crippen LogP contribution in [-0.4, -0.2) is 60.3 Å². The highest BCUT2D eigenvalue weighted by atomic mass is 19.3. The minimum atomic E-state index is -2.74. The molecule has 1 atom stereocenters. The smallest absolute Gasteiger partial charge is 0.324 e. The summed E-state index contributed by atoms with van der Waals surface area (Å²) < 4.78 is 29.6. The number of halogens is 2. The van der Waals surface area contributed by atoms with Crippen LogP contribution in [0.5, 0.6) is 0 Å². The number of amides is 5. The average molecular weight is 759 g/mol. The van der Waals surface area contributed by atoms with E-state index in [0.717, 1.165) is 64.1 Å². The second-order valence-corrected chi connectivity index (χ2v) is 14.6. The molecular weight excluding hydrogens is 715 g/mol. The maximum absolute atomic E-state index is 14.8. The Morgan fingerprint density at radius 3 is 2.57 bits per heavy atom. The van der Waals surface area contributed by atoms with E-state index in [2.05, 4.69) is 51.4 Å². The van der Waals surface area contributed by atoms with Gasteiger partial charge >= 0.3 is 6.03 Å². The van der Waals surface area contributed by atoms with Crippen molar-refractivity contribution in [2.75, 3.05) is 36.5 Å². The van der Waals surface area contributed by atoms with Crippen LogP contribution in [0.15, 0.2) is 66.9 Å². The van der Waals surface area contributed by atoms with Gasteiger partial charge in [-0.2, -0.15) is 0 Å². The molecule has 7 rings (SSSR count). The first-order valence-corrected chi connectivity index (χ1v) is 19.1. The fourth-order valence-corrected chi connectivity index (χ4v) is 7.72. The zero-order valence-electron chi connectivity index (χ0n) is 31.8. The Morgan fingerprint density at radius 1 is 1.00 bits per heavy atom. The van der Waals surface area contributed by atoms with Gasteiger partial charge in [-0.05, 0) is 90.4 Å². The summed E-state index contributed by atoms with van der Waals surface area (Å²) >= 11 is 0. The summed E-state index contributed by atoms with van der Waals surface area (Å²) in [6.07, 6.45) is 2.32. The molecule has 288 valence electrons. The van der Waals surface area contributed by atoms with E-state index in [0.29, 0.717) is 43.6 Å². The van der Waals surface area contributed by atoms with Gasteiger partial charge in [-0.3, -0.25) is 24.7 Å². The Kier molecular flexibility index (Phi) is 11.1. The number of aromatic nitrogens is 1. The minimum absolute atomic E-state index is 0.0746. The molecule has 4 heterocycles. The molecule has 2 N–H and O–H groups in total. The average Bonchev–Trinajstić information content (AvgIpc) is 3.20. The highest BCUT2D eigenvalue weighted by Gasteiger charge is 2.33. The van der Waals surface area contributed by atoms with Gasteiger partial charge in [-0.25, -0.2) is 13.6 Å². The second-order valence-electron chi connectivity index (χ2n) is 14.6. The number of aryl methyl sites for hydroxylation is 2. The zero-order chi connectivity index (χ0) is 39.5. The lowest BCUT2D eigenvalue weighted by Crippen LogP contribution is -2.48. The number of benzene rings is 3. The monoisotopic (exact) mass is 758 g/mol. The molecule has 3 aromatic carbocycles. The summed E-state index contributed by atoms with van der Waals surface area (Å²) in [6.45, 7) is 5.68. The topological polar surface area (TPSA) is 115 Å². The number of carbonyl (C=O) groups is 4. The number of anilines is 3. The molecule has 4 aromatic rings. The van der Waals surface area contributed by atoms with Crippen molar-refractivity contribution in [2.24, 2.45) is 5.92 Å². The first-order chi connectivity index (χ1) is 27.0. The molecule has 3 aliphatic heterocycles. The molecule has 0 radical (unpaired) electrons. The highest BCUT2D eigenvalue weighted by molar-refractivity contribution is 5.99. The standard InChI is InChI=1S/C44H44F2N6O4/c1-4-28-21-38-35(19-27(2)43(55)50(38)3)39(22-28)52-17-8-12-31-23-33(34(41(45)46)24-37(31)52)32-13-14-36(48-25-32)42(54)47-16-6-5-9-29-10-7-11-30(20-29)26-51-18-15-40(53)49-44(51)56/h7,10-11,13-14,20-25,27,41H,4,6,8,12,15-19,26H2,1-3H3,(H,47,54)(H,49,53,56). The van der Waals surface area contributed by atoms with E-state index < -0.39 is 18.4 Å². The van der Waals surface area contributed by atoms with Crippen LogP contribution in [0.3, 0.4) is 0 Å². The van der Waals surface area contributed by atoms with E-state index in [1.54, 1.807) is 35.0 Å². The van der Waals surface area contributed by atoms with Crippen molar-refractivity contribution in [3.05, 3.63) is 106 Å². The van der Waals surface area contributed by atoms with E-state index in [4.69, 9.17) is 0 Å². The lowest BCUT2D eigenvalue weighted by Gasteiger charge is -2.38. The predicted molar refractivity (Wildman–Crippen MR) is 211 cm³/mol. The summed E-state index contributed by atoms with van der Waals surface area (Å²) in [5, 5.41) is 5.14. The fourth-order valence-electron chi connectivity index (χ4n) is 7.72. The first-order valence-electron chi connectivity index (χ1n) is 19.1. The number of pyridine rings is 1. The van der Waals surface area contributed by atoms with Gasteiger partial charge in [-0.1, -0.05) is 43.9 Å². The summed E-state index contributed by atoms with van der Waals surface area (Å²) in [7, 11) is 1.81. The predicted octanol–water partition coefficient (Wildman–Crippen LogP) is 7.10. The maximum atomic E-state index is 14.8. The van der Waals surface area contributed by atoms with Crippen molar-refractivity contribution < 1.29 is 28.0 Å². The van der Waals surface area contributed by atoms with Crippen molar-refractivity contribution in [2.45, 2.75) is 65.3 Å². The van der Waals surface area contributed by atoms with Crippen molar-refractivity contribution in [1.82, 2.24) is 20.5 Å².